The van der Waals surface area contributed by atoms with Crippen molar-refractivity contribution < 1.29 is 28.8 Å². The van der Waals surface area contributed by atoms with Crippen molar-refractivity contribution in [2.24, 2.45) is 0 Å². The fourth-order valence-corrected chi connectivity index (χ4v) is 5.62. The predicted molar refractivity (Wildman–Crippen MR) is 163 cm³/mol. The van der Waals surface area contributed by atoms with Crippen LogP contribution in [0.4, 0.5) is 0 Å². The first kappa shape index (κ1) is 29.9. The SMILES string of the molecule is CCc1ccc(-c2cc(-c3ccc(CC)c(C=O)c3C=O)cc(-c3ccc(CC)c(C=O)c3C=O)c2)c(C=O)c1C=O. The van der Waals surface area contributed by atoms with Crippen molar-refractivity contribution in [1.82, 2.24) is 0 Å². The van der Waals surface area contributed by atoms with Gasteiger partial charge in [0.15, 0.2) is 37.7 Å². The molecule has 0 fully saturated rings. The van der Waals surface area contributed by atoms with Gasteiger partial charge >= 0.3 is 0 Å². The number of carbonyl (C=O) groups is 6. The van der Waals surface area contributed by atoms with Crippen LogP contribution in [0.2, 0.25) is 0 Å². The van der Waals surface area contributed by atoms with Crippen LogP contribution in [0, 0.1) is 0 Å². The van der Waals surface area contributed by atoms with Gasteiger partial charge in [-0.25, -0.2) is 0 Å². The number of rotatable bonds is 12. The third-order valence-corrected chi connectivity index (χ3v) is 7.85. The van der Waals surface area contributed by atoms with Gasteiger partial charge in [-0.2, -0.15) is 0 Å². The molecule has 4 rings (SSSR count). The van der Waals surface area contributed by atoms with Crippen LogP contribution in [0.1, 0.15) is 99.6 Å². The Labute approximate surface area is 244 Å². The zero-order valence-corrected chi connectivity index (χ0v) is 23.7. The number of hydrogen-bond donors (Lipinski definition) is 0. The lowest BCUT2D eigenvalue weighted by Gasteiger charge is -2.18. The number of aldehydes is 6. The van der Waals surface area contributed by atoms with E-state index in [0.29, 0.717) is 107 Å². The molecule has 210 valence electrons. The molecular formula is C36H30O6. The maximum atomic E-state index is 12.3. The van der Waals surface area contributed by atoms with Crippen LogP contribution in [-0.4, -0.2) is 37.7 Å². The highest BCUT2D eigenvalue weighted by molar-refractivity contribution is 6.03. The van der Waals surface area contributed by atoms with Crippen LogP contribution in [0.25, 0.3) is 33.4 Å². The topological polar surface area (TPSA) is 102 Å². The van der Waals surface area contributed by atoms with E-state index in [4.69, 9.17) is 0 Å². The fourth-order valence-electron chi connectivity index (χ4n) is 5.62. The van der Waals surface area contributed by atoms with Gasteiger partial charge in [-0.3, -0.25) is 28.8 Å². The number of hydrogen-bond acceptors (Lipinski definition) is 6. The van der Waals surface area contributed by atoms with Gasteiger partial charge in [0.05, 0.1) is 0 Å². The summed E-state index contributed by atoms with van der Waals surface area (Å²) in [5.74, 6) is 0. The van der Waals surface area contributed by atoms with Gasteiger partial charge in [-0.05, 0) is 87.5 Å². The molecule has 4 aromatic carbocycles. The maximum absolute atomic E-state index is 12.3. The van der Waals surface area contributed by atoms with Gasteiger partial charge in [-0.1, -0.05) is 57.2 Å². The molecule has 0 unspecified atom stereocenters. The highest BCUT2D eigenvalue weighted by atomic mass is 16.1. The summed E-state index contributed by atoms with van der Waals surface area (Å²) in [7, 11) is 0. The van der Waals surface area contributed by atoms with Crippen molar-refractivity contribution in [1.29, 1.82) is 0 Å². The molecule has 4 aromatic rings. The first-order chi connectivity index (χ1) is 20.4. The van der Waals surface area contributed by atoms with E-state index in [1.807, 2.05) is 20.8 Å². The van der Waals surface area contributed by atoms with Crippen molar-refractivity contribution in [2.45, 2.75) is 40.0 Å². The normalized spacial score (nSPS) is 10.6. The first-order valence-electron chi connectivity index (χ1n) is 13.8. The zero-order chi connectivity index (χ0) is 30.4. The Morgan fingerprint density at radius 1 is 0.381 bits per heavy atom. The second-order valence-corrected chi connectivity index (χ2v) is 9.87. The quantitative estimate of drug-likeness (QED) is 0.170. The van der Waals surface area contributed by atoms with Gasteiger partial charge in [0, 0.05) is 33.4 Å². The third kappa shape index (κ3) is 5.19. The van der Waals surface area contributed by atoms with Gasteiger partial charge in [0.2, 0.25) is 0 Å². The molecule has 0 amide bonds. The van der Waals surface area contributed by atoms with Crippen LogP contribution < -0.4 is 0 Å². The Kier molecular flexibility index (Phi) is 9.28. The highest BCUT2D eigenvalue weighted by Crippen LogP contribution is 2.38. The molecule has 0 aliphatic heterocycles. The minimum Gasteiger partial charge on any atom is -0.298 e. The lowest BCUT2D eigenvalue weighted by molar-refractivity contribution is 0.109. The molecule has 0 saturated carbocycles. The lowest BCUT2D eigenvalue weighted by Crippen LogP contribution is -2.03. The molecule has 0 aliphatic carbocycles. The van der Waals surface area contributed by atoms with Crippen LogP contribution in [0.5, 0.6) is 0 Å². The summed E-state index contributed by atoms with van der Waals surface area (Å²) in [5.41, 5.74) is 6.92. The van der Waals surface area contributed by atoms with Gasteiger partial charge < -0.3 is 0 Å². The van der Waals surface area contributed by atoms with Crippen molar-refractivity contribution in [3.05, 3.63) is 105 Å². The molecule has 0 bridgehead atoms. The summed E-state index contributed by atoms with van der Waals surface area (Å²) < 4.78 is 0. The van der Waals surface area contributed by atoms with E-state index in [1.54, 1.807) is 54.6 Å². The maximum Gasteiger partial charge on any atom is 0.151 e. The van der Waals surface area contributed by atoms with Gasteiger partial charge in [0.1, 0.15) is 0 Å². The summed E-state index contributed by atoms with van der Waals surface area (Å²) in [6.07, 6.45) is 5.65. The van der Waals surface area contributed by atoms with E-state index in [-0.39, 0.29) is 16.7 Å². The molecule has 0 spiro atoms. The van der Waals surface area contributed by atoms with E-state index in [9.17, 15) is 28.8 Å². The summed E-state index contributed by atoms with van der Waals surface area (Å²) in [6.45, 7) is 5.69. The van der Waals surface area contributed by atoms with Crippen molar-refractivity contribution in [3.8, 4) is 33.4 Å². The van der Waals surface area contributed by atoms with E-state index in [0.717, 1.165) is 16.7 Å². The Hall–Kier alpha value is -5.10. The predicted octanol–water partition coefficient (Wildman–Crippen LogP) is 7.25. The van der Waals surface area contributed by atoms with E-state index < -0.39 is 0 Å². The number of benzene rings is 4. The molecule has 0 atom stereocenters. The molecule has 6 nitrogen and oxygen atoms in total. The molecule has 0 saturated heterocycles. The van der Waals surface area contributed by atoms with Gasteiger partial charge in [0.25, 0.3) is 0 Å². The molecular weight excluding hydrogens is 528 g/mol. The molecule has 0 aliphatic rings. The largest absolute Gasteiger partial charge is 0.298 e. The molecule has 0 aromatic heterocycles. The van der Waals surface area contributed by atoms with E-state index >= 15 is 0 Å². The van der Waals surface area contributed by atoms with Crippen molar-refractivity contribution in [2.75, 3.05) is 0 Å². The first-order valence-corrected chi connectivity index (χ1v) is 13.8. The van der Waals surface area contributed by atoms with E-state index in [2.05, 4.69) is 0 Å². The van der Waals surface area contributed by atoms with Crippen molar-refractivity contribution >= 4 is 37.7 Å². The zero-order valence-electron chi connectivity index (χ0n) is 23.7. The average molecular weight is 559 g/mol. The molecule has 6 heteroatoms. The van der Waals surface area contributed by atoms with Crippen molar-refractivity contribution in [3.63, 3.8) is 0 Å². The lowest BCUT2D eigenvalue weighted by atomic mass is 9.85. The Balaban J connectivity index is 2.15. The standard InChI is InChI=1S/C36H30O6/c1-4-22-7-10-28(34(19-40)31(22)16-37)25-13-26(29-11-8-23(5-2)32(17-38)35(29)20-41)15-27(14-25)30-12-9-24(6-3)33(18-39)36(30)21-42/h7-21H,4-6H2,1-3H3. The summed E-state index contributed by atoms with van der Waals surface area (Å²) in [4.78, 5) is 73.2. The minimum absolute atomic E-state index is 0.225. The second kappa shape index (κ2) is 13.0. The monoisotopic (exact) mass is 558 g/mol. The molecule has 0 heterocycles. The Bertz CT molecular complexity index is 1530. The van der Waals surface area contributed by atoms with Crippen LogP contribution in [0.3, 0.4) is 0 Å². The second-order valence-electron chi connectivity index (χ2n) is 9.87. The van der Waals surface area contributed by atoms with Crippen LogP contribution >= 0.6 is 0 Å². The highest BCUT2D eigenvalue weighted by Gasteiger charge is 2.20. The fraction of sp³-hybridized carbons (Fsp3) is 0.167. The molecule has 0 N–H and O–H groups in total. The van der Waals surface area contributed by atoms with Crippen LogP contribution in [-0.2, 0) is 19.3 Å². The number of carbonyl (C=O) groups excluding carboxylic acids is 6. The Morgan fingerprint density at radius 2 is 0.619 bits per heavy atom. The minimum atomic E-state index is 0.225. The summed E-state index contributed by atoms with van der Waals surface area (Å²) in [6, 6.07) is 16.1. The summed E-state index contributed by atoms with van der Waals surface area (Å²) >= 11 is 0. The average Bonchev–Trinajstić information content (AvgIpc) is 3.05. The Morgan fingerprint density at radius 3 is 0.810 bits per heavy atom. The summed E-state index contributed by atoms with van der Waals surface area (Å²) in [5, 5.41) is 0. The number of aryl methyl sites for hydroxylation is 3. The smallest absolute Gasteiger partial charge is 0.151 e. The van der Waals surface area contributed by atoms with Crippen LogP contribution in [0.15, 0.2) is 54.6 Å². The molecule has 0 radical (unpaired) electrons. The van der Waals surface area contributed by atoms with Gasteiger partial charge in [-0.15, -0.1) is 0 Å². The molecule has 42 heavy (non-hydrogen) atoms. The van der Waals surface area contributed by atoms with E-state index in [1.165, 1.54) is 0 Å². The third-order valence-electron chi connectivity index (χ3n) is 7.85.